The summed E-state index contributed by atoms with van der Waals surface area (Å²) >= 11 is 0. The highest BCUT2D eigenvalue weighted by Crippen LogP contribution is 2.29. The van der Waals surface area contributed by atoms with E-state index in [4.69, 9.17) is 0 Å². The lowest BCUT2D eigenvalue weighted by atomic mass is 9.92. The quantitative estimate of drug-likeness (QED) is 0.854. The summed E-state index contributed by atoms with van der Waals surface area (Å²) in [6.07, 6.45) is 9.18. The summed E-state index contributed by atoms with van der Waals surface area (Å²) in [6.45, 7) is 0. The van der Waals surface area contributed by atoms with Crippen LogP contribution in [0.25, 0.3) is 0 Å². The van der Waals surface area contributed by atoms with Gasteiger partial charge in [-0.25, -0.2) is 8.42 Å². The van der Waals surface area contributed by atoms with E-state index in [1.165, 1.54) is 6.42 Å². The average Bonchev–Trinajstić information content (AvgIpc) is 2.89. The van der Waals surface area contributed by atoms with E-state index in [9.17, 15) is 13.2 Å². The third-order valence-corrected chi connectivity index (χ3v) is 6.48. The van der Waals surface area contributed by atoms with E-state index in [2.05, 4.69) is 4.98 Å². The van der Waals surface area contributed by atoms with Crippen LogP contribution in [-0.2, 0) is 9.84 Å². The Balaban J connectivity index is 1.87. The Morgan fingerprint density at radius 2 is 1.73 bits per heavy atom. The molecule has 0 bridgehead atoms. The van der Waals surface area contributed by atoms with Gasteiger partial charge in [0.2, 0.25) is 0 Å². The van der Waals surface area contributed by atoms with Gasteiger partial charge in [0, 0.05) is 30.0 Å². The van der Waals surface area contributed by atoms with Gasteiger partial charge in [0.25, 0.3) is 5.91 Å². The number of rotatable bonds is 3. The molecule has 0 radical (unpaired) electrons. The first-order valence-corrected chi connectivity index (χ1v) is 9.82. The van der Waals surface area contributed by atoms with Crippen molar-refractivity contribution in [1.29, 1.82) is 0 Å². The van der Waals surface area contributed by atoms with E-state index in [1.54, 1.807) is 24.5 Å². The SMILES string of the molecule is O=C(c1ccncc1)N(C1CCCCC1)[C@H]1CCS(=O)(=O)C1. The maximum absolute atomic E-state index is 12.9. The lowest BCUT2D eigenvalue weighted by Gasteiger charge is -2.38. The molecule has 0 unspecified atom stereocenters. The smallest absolute Gasteiger partial charge is 0.254 e. The fourth-order valence-electron chi connectivity index (χ4n) is 3.63. The molecule has 0 N–H and O–H groups in total. The normalized spacial score (nSPS) is 25.0. The molecule has 2 aliphatic rings. The molecule has 3 rings (SSSR count). The number of sulfone groups is 1. The van der Waals surface area contributed by atoms with Crippen molar-refractivity contribution in [3.05, 3.63) is 30.1 Å². The van der Waals surface area contributed by atoms with Crippen molar-refractivity contribution in [1.82, 2.24) is 9.88 Å². The van der Waals surface area contributed by atoms with Crippen LogP contribution in [0.15, 0.2) is 24.5 Å². The summed E-state index contributed by atoms with van der Waals surface area (Å²) in [6, 6.07) is 3.42. The molecule has 2 fully saturated rings. The number of pyridine rings is 1. The Hall–Kier alpha value is -1.43. The molecule has 1 amide bonds. The first-order valence-electron chi connectivity index (χ1n) is 8.00. The van der Waals surface area contributed by atoms with Crippen molar-refractivity contribution in [2.75, 3.05) is 11.5 Å². The Bertz CT molecular complexity index is 624. The predicted octanol–water partition coefficient (Wildman–Crippen LogP) is 2.04. The van der Waals surface area contributed by atoms with Crippen LogP contribution < -0.4 is 0 Å². The van der Waals surface area contributed by atoms with Gasteiger partial charge in [-0.15, -0.1) is 0 Å². The standard InChI is InChI=1S/C16H22N2O3S/c19-16(13-6-9-17-10-7-13)18(14-4-2-1-3-5-14)15-8-11-22(20,21)12-15/h6-7,9-10,14-15H,1-5,8,11-12H2/t15-/m0/s1. The molecule has 1 aliphatic heterocycles. The highest BCUT2D eigenvalue weighted by Gasteiger charge is 2.38. The van der Waals surface area contributed by atoms with Gasteiger partial charge in [-0.05, 0) is 31.4 Å². The number of nitrogens with zero attached hydrogens (tertiary/aromatic N) is 2. The first kappa shape index (κ1) is 15.5. The Morgan fingerprint density at radius 3 is 2.32 bits per heavy atom. The maximum atomic E-state index is 12.9. The molecule has 6 heteroatoms. The highest BCUT2D eigenvalue weighted by molar-refractivity contribution is 7.91. The molecule has 0 aromatic carbocycles. The minimum absolute atomic E-state index is 0.0450. The number of carbonyl (C=O) groups excluding carboxylic acids is 1. The molecule has 5 nitrogen and oxygen atoms in total. The third kappa shape index (κ3) is 3.32. The fourth-order valence-corrected chi connectivity index (χ4v) is 5.34. The van der Waals surface area contributed by atoms with Crippen molar-refractivity contribution >= 4 is 15.7 Å². The molecule has 0 spiro atoms. The molecule has 120 valence electrons. The molecule has 1 aromatic heterocycles. The average molecular weight is 322 g/mol. The van der Waals surface area contributed by atoms with Gasteiger partial charge in [0.15, 0.2) is 9.84 Å². The zero-order chi connectivity index (χ0) is 15.6. The second kappa shape index (κ2) is 6.36. The van der Waals surface area contributed by atoms with Gasteiger partial charge in [0.05, 0.1) is 11.5 Å². The molecule has 1 atom stereocenters. The van der Waals surface area contributed by atoms with Crippen molar-refractivity contribution in [2.24, 2.45) is 0 Å². The van der Waals surface area contributed by atoms with Crippen LogP contribution in [0.1, 0.15) is 48.9 Å². The van der Waals surface area contributed by atoms with Crippen LogP contribution in [-0.4, -0.2) is 47.8 Å². The first-order chi connectivity index (χ1) is 10.6. The molecule has 1 aromatic rings. The summed E-state index contributed by atoms with van der Waals surface area (Å²) in [5.74, 6) is 0.265. The van der Waals surface area contributed by atoms with Crippen LogP contribution >= 0.6 is 0 Å². The van der Waals surface area contributed by atoms with Gasteiger partial charge in [-0.1, -0.05) is 19.3 Å². The van der Waals surface area contributed by atoms with Crippen LogP contribution in [0.2, 0.25) is 0 Å². The topological polar surface area (TPSA) is 67.3 Å². The lowest BCUT2D eigenvalue weighted by molar-refractivity contribution is 0.0541. The zero-order valence-electron chi connectivity index (χ0n) is 12.6. The fraction of sp³-hybridized carbons (Fsp3) is 0.625. The zero-order valence-corrected chi connectivity index (χ0v) is 13.5. The number of amides is 1. The molecular formula is C16H22N2O3S. The Kier molecular flexibility index (Phi) is 4.47. The number of carbonyl (C=O) groups is 1. The molecule has 1 saturated carbocycles. The van der Waals surface area contributed by atoms with Gasteiger partial charge < -0.3 is 4.90 Å². The number of aromatic nitrogens is 1. The van der Waals surface area contributed by atoms with Crippen molar-refractivity contribution < 1.29 is 13.2 Å². The van der Waals surface area contributed by atoms with E-state index in [1.807, 2.05) is 4.90 Å². The van der Waals surface area contributed by atoms with Crippen molar-refractivity contribution in [2.45, 2.75) is 50.6 Å². The van der Waals surface area contributed by atoms with Crippen LogP contribution in [0, 0.1) is 0 Å². The molecule has 22 heavy (non-hydrogen) atoms. The lowest BCUT2D eigenvalue weighted by Crippen LogP contribution is -2.48. The van der Waals surface area contributed by atoms with Crippen LogP contribution in [0.4, 0.5) is 0 Å². The summed E-state index contributed by atoms with van der Waals surface area (Å²) in [5, 5.41) is 0. The van der Waals surface area contributed by atoms with Crippen molar-refractivity contribution in [3.63, 3.8) is 0 Å². The molecule has 2 heterocycles. The van der Waals surface area contributed by atoms with Crippen LogP contribution in [0.5, 0.6) is 0 Å². The van der Waals surface area contributed by atoms with E-state index in [0.717, 1.165) is 25.7 Å². The number of hydrogen-bond donors (Lipinski definition) is 0. The van der Waals surface area contributed by atoms with Gasteiger partial charge in [-0.2, -0.15) is 0 Å². The van der Waals surface area contributed by atoms with Gasteiger partial charge >= 0.3 is 0 Å². The second-order valence-electron chi connectivity index (χ2n) is 6.30. The third-order valence-electron chi connectivity index (χ3n) is 4.73. The van der Waals surface area contributed by atoms with E-state index < -0.39 is 9.84 Å². The van der Waals surface area contributed by atoms with E-state index in [-0.39, 0.29) is 29.5 Å². The molecule has 1 saturated heterocycles. The maximum Gasteiger partial charge on any atom is 0.254 e. The van der Waals surface area contributed by atoms with E-state index in [0.29, 0.717) is 12.0 Å². The highest BCUT2D eigenvalue weighted by atomic mass is 32.2. The second-order valence-corrected chi connectivity index (χ2v) is 8.53. The van der Waals surface area contributed by atoms with E-state index >= 15 is 0 Å². The minimum atomic E-state index is -3.00. The minimum Gasteiger partial charge on any atom is -0.332 e. The summed E-state index contributed by atoms with van der Waals surface area (Å²) in [4.78, 5) is 18.8. The largest absolute Gasteiger partial charge is 0.332 e. The van der Waals surface area contributed by atoms with Gasteiger partial charge in [0.1, 0.15) is 0 Å². The number of hydrogen-bond acceptors (Lipinski definition) is 4. The Morgan fingerprint density at radius 1 is 1.05 bits per heavy atom. The summed E-state index contributed by atoms with van der Waals surface area (Å²) in [7, 11) is -3.00. The van der Waals surface area contributed by atoms with Crippen molar-refractivity contribution in [3.8, 4) is 0 Å². The van der Waals surface area contributed by atoms with Gasteiger partial charge in [-0.3, -0.25) is 9.78 Å². The summed E-state index contributed by atoms with van der Waals surface area (Å²) < 4.78 is 23.7. The monoisotopic (exact) mass is 322 g/mol. The van der Waals surface area contributed by atoms with Crippen LogP contribution in [0.3, 0.4) is 0 Å². The molecule has 1 aliphatic carbocycles. The predicted molar refractivity (Wildman–Crippen MR) is 84.3 cm³/mol. The molecular weight excluding hydrogens is 300 g/mol. The summed E-state index contributed by atoms with van der Waals surface area (Å²) in [5.41, 5.74) is 0.602. The Labute approximate surface area is 131 Å².